The molecule has 0 aliphatic heterocycles. The largest absolute Gasteiger partial charge is 0.451 e. The van der Waals surface area contributed by atoms with E-state index in [9.17, 15) is 9.59 Å². The van der Waals surface area contributed by atoms with Crippen LogP contribution < -0.4 is 5.32 Å². The SMILES string of the molecule is O=C(COC(=O)c1cc(-c2ccccc2)nn1-c1ccccc1)Nc1ccccc1Cl. The fraction of sp³-hybridized carbons (Fsp3) is 0.0417. The van der Waals surface area contributed by atoms with Crippen molar-refractivity contribution in [1.82, 2.24) is 9.78 Å². The zero-order valence-electron chi connectivity index (χ0n) is 16.4. The fourth-order valence-corrected chi connectivity index (χ4v) is 3.18. The molecule has 0 aliphatic carbocycles. The molecular weight excluding hydrogens is 414 g/mol. The van der Waals surface area contributed by atoms with Crippen LogP contribution in [0.25, 0.3) is 16.9 Å². The molecule has 0 atom stereocenters. The number of amides is 1. The second kappa shape index (κ2) is 9.28. The van der Waals surface area contributed by atoms with Gasteiger partial charge in [0.1, 0.15) is 0 Å². The summed E-state index contributed by atoms with van der Waals surface area (Å²) < 4.78 is 6.77. The molecule has 4 aromatic rings. The Kier molecular flexibility index (Phi) is 6.10. The molecule has 0 bridgehead atoms. The molecule has 0 saturated carbocycles. The van der Waals surface area contributed by atoms with Crippen molar-refractivity contribution in [2.24, 2.45) is 0 Å². The number of esters is 1. The van der Waals surface area contributed by atoms with Gasteiger partial charge in [-0.25, -0.2) is 9.48 Å². The highest BCUT2D eigenvalue weighted by Gasteiger charge is 2.20. The Morgan fingerprint density at radius 3 is 2.26 bits per heavy atom. The van der Waals surface area contributed by atoms with E-state index in [0.717, 1.165) is 5.56 Å². The van der Waals surface area contributed by atoms with Crippen LogP contribution in [0.1, 0.15) is 10.5 Å². The molecule has 6 nitrogen and oxygen atoms in total. The summed E-state index contributed by atoms with van der Waals surface area (Å²) in [5.41, 5.74) is 2.86. The Labute approximate surface area is 184 Å². The van der Waals surface area contributed by atoms with Crippen molar-refractivity contribution in [2.75, 3.05) is 11.9 Å². The monoisotopic (exact) mass is 431 g/mol. The number of nitrogens with one attached hydrogen (secondary N) is 1. The summed E-state index contributed by atoms with van der Waals surface area (Å²) in [7, 11) is 0. The molecule has 4 rings (SSSR count). The lowest BCUT2D eigenvalue weighted by molar-refractivity contribution is -0.119. The molecule has 3 aromatic carbocycles. The Morgan fingerprint density at radius 2 is 1.55 bits per heavy atom. The minimum Gasteiger partial charge on any atom is -0.451 e. The number of carbonyl (C=O) groups excluding carboxylic acids is 2. The first kappa shape index (κ1) is 20.4. The van der Waals surface area contributed by atoms with Gasteiger partial charge in [0, 0.05) is 5.56 Å². The van der Waals surface area contributed by atoms with Gasteiger partial charge in [-0.2, -0.15) is 5.10 Å². The number of rotatable bonds is 6. The molecule has 1 heterocycles. The summed E-state index contributed by atoms with van der Waals surface area (Å²) in [6.07, 6.45) is 0. The Bertz CT molecular complexity index is 1210. The molecule has 1 amide bonds. The molecule has 0 unspecified atom stereocenters. The van der Waals surface area contributed by atoms with Crippen molar-refractivity contribution < 1.29 is 14.3 Å². The van der Waals surface area contributed by atoms with Gasteiger partial charge in [-0.05, 0) is 30.3 Å². The molecule has 1 aromatic heterocycles. The Balaban J connectivity index is 1.55. The molecular formula is C24H18ClN3O3. The highest BCUT2D eigenvalue weighted by Crippen LogP contribution is 2.23. The van der Waals surface area contributed by atoms with Gasteiger partial charge in [0.2, 0.25) is 0 Å². The van der Waals surface area contributed by atoms with E-state index >= 15 is 0 Å². The minimum absolute atomic E-state index is 0.218. The molecule has 31 heavy (non-hydrogen) atoms. The lowest BCUT2D eigenvalue weighted by atomic mass is 10.1. The predicted molar refractivity (Wildman–Crippen MR) is 119 cm³/mol. The van der Waals surface area contributed by atoms with Crippen LogP contribution in [0, 0.1) is 0 Å². The maximum Gasteiger partial charge on any atom is 0.357 e. The predicted octanol–water partition coefficient (Wildman–Crippen LogP) is 4.99. The number of anilines is 1. The van der Waals surface area contributed by atoms with E-state index < -0.39 is 18.5 Å². The third-order valence-corrected chi connectivity index (χ3v) is 4.80. The Hall–Kier alpha value is -3.90. The lowest BCUT2D eigenvalue weighted by Gasteiger charge is -2.09. The number of carbonyl (C=O) groups is 2. The van der Waals surface area contributed by atoms with E-state index in [1.54, 1.807) is 30.3 Å². The van der Waals surface area contributed by atoms with Gasteiger partial charge < -0.3 is 10.1 Å². The lowest BCUT2D eigenvalue weighted by Crippen LogP contribution is -2.22. The summed E-state index contributed by atoms with van der Waals surface area (Å²) in [5.74, 6) is -1.15. The second-order valence-corrected chi connectivity index (χ2v) is 7.04. The van der Waals surface area contributed by atoms with Crippen molar-refractivity contribution in [2.45, 2.75) is 0 Å². The van der Waals surface area contributed by atoms with Gasteiger partial charge in [-0.3, -0.25) is 4.79 Å². The summed E-state index contributed by atoms with van der Waals surface area (Å²) in [6.45, 7) is -0.454. The number of halogens is 1. The van der Waals surface area contributed by atoms with Crippen LogP contribution in [0.2, 0.25) is 5.02 Å². The first-order chi connectivity index (χ1) is 15.1. The van der Waals surface area contributed by atoms with Crippen LogP contribution in [0.4, 0.5) is 5.69 Å². The number of para-hydroxylation sites is 2. The van der Waals surface area contributed by atoms with E-state index in [1.165, 1.54) is 4.68 Å². The average Bonchev–Trinajstić information content (AvgIpc) is 3.26. The first-order valence-corrected chi connectivity index (χ1v) is 9.92. The molecule has 0 saturated heterocycles. The van der Waals surface area contributed by atoms with Crippen molar-refractivity contribution in [3.8, 4) is 16.9 Å². The molecule has 0 radical (unpaired) electrons. The quantitative estimate of drug-likeness (QED) is 0.436. The standard InChI is InChI=1S/C24H18ClN3O3/c25-19-13-7-8-14-20(19)26-23(29)16-31-24(30)22-15-21(17-9-3-1-4-10-17)27-28(22)18-11-5-2-6-12-18/h1-15H,16H2,(H,26,29). The summed E-state index contributed by atoms with van der Waals surface area (Å²) >= 11 is 6.04. The van der Waals surface area contributed by atoms with Crippen LogP contribution >= 0.6 is 11.6 Å². The average molecular weight is 432 g/mol. The normalized spacial score (nSPS) is 10.5. The topological polar surface area (TPSA) is 73.2 Å². The fourth-order valence-electron chi connectivity index (χ4n) is 3.00. The van der Waals surface area contributed by atoms with Gasteiger partial charge in [0.05, 0.1) is 22.1 Å². The zero-order chi connectivity index (χ0) is 21.6. The van der Waals surface area contributed by atoms with Crippen LogP contribution in [-0.4, -0.2) is 28.3 Å². The summed E-state index contributed by atoms with van der Waals surface area (Å²) in [6, 6.07) is 27.2. The van der Waals surface area contributed by atoms with Gasteiger partial charge in [0.25, 0.3) is 5.91 Å². The van der Waals surface area contributed by atoms with Gasteiger partial charge in [0.15, 0.2) is 12.3 Å². The van der Waals surface area contributed by atoms with Gasteiger partial charge >= 0.3 is 5.97 Å². The molecule has 0 fully saturated rings. The van der Waals surface area contributed by atoms with E-state index in [1.807, 2.05) is 60.7 Å². The van der Waals surface area contributed by atoms with Gasteiger partial charge in [-0.1, -0.05) is 72.3 Å². The van der Waals surface area contributed by atoms with Crippen LogP contribution in [-0.2, 0) is 9.53 Å². The third-order valence-electron chi connectivity index (χ3n) is 4.47. The summed E-state index contributed by atoms with van der Waals surface area (Å²) in [4.78, 5) is 25.0. The van der Waals surface area contributed by atoms with Crippen LogP contribution in [0.5, 0.6) is 0 Å². The molecule has 154 valence electrons. The molecule has 0 spiro atoms. The van der Waals surface area contributed by atoms with Crippen molar-refractivity contribution in [3.05, 3.63) is 102 Å². The third kappa shape index (κ3) is 4.82. The maximum absolute atomic E-state index is 12.8. The van der Waals surface area contributed by atoms with E-state index in [0.29, 0.717) is 22.1 Å². The smallest absolute Gasteiger partial charge is 0.357 e. The number of nitrogens with zero attached hydrogens (tertiary/aromatic N) is 2. The van der Waals surface area contributed by atoms with Crippen LogP contribution in [0.15, 0.2) is 91.0 Å². The van der Waals surface area contributed by atoms with E-state index in [4.69, 9.17) is 16.3 Å². The number of ether oxygens (including phenoxy) is 1. The summed E-state index contributed by atoms with van der Waals surface area (Å²) in [5, 5.41) is 7.60. The second-order valence-electron chi connectivity index (χ2n) is 6.63. The molecule has 1 N–H and O–H groups in total. The molecule has 0 aliphatic rings. The zero-order valence-corrected chi connectivity index (χ0v) is 17.1. The minimum atomic E-state index is -0.659. The Morgan fingerprint density at radius 1 is 0.903 bits per heavy atom. The maximum atomic E-state index is 12.8. The van der Waals surface area contributed by atoms with E-state index in [-0.39, 0.29) is 5.69 Å². The van der Waals surface area contributed by atoms with E-state index in [2.05, 4.69) is 10.4 Å². The number of aromatic nitrogens is 2. The number of benzene rings is 3. The highest BCUT2D eigenvalue weighted by molar-refractivity contribution is 6.33. The van der Waals surface area contributed by atoms with Crippen LogP contribution in [0.3, 0.4) is 0 Å². The van der Waals surface area contributed by atoms with Crippen molar-refractivity contribution in [1.29, 1.82) is 0 Å². The molecule has 7 heteroatoms. The first-order valence-electron chi connectivity index (χ1n) is 9.54. The van der Waals surface area contributed by atoms with Crippen molar-refractivity contribution >= 4 is 29.2 Å². The number of hydrogen-bond donors (Lipinski definition) is 1. The number of hydrogen-bond acceptors (Lipinski definition) is 4. The van der Waals surface area contributed by atoms with Gasteiger partial charge in [-0.15, -0.1) is 0 Å². The van der Waals surface area contributed by atoms with Crippen molar-refractivity contribution in [3.63, 3.8) is 0 Å². The highest BCUT2D eigenvalue weighted by atomic mass is 35.5.